The van der Waals surface area contributed by atoms with E-state index in [1.807, 2.05) is 48.5 Å². The highest BCUT2D eigenvalue weighted by molar-refractivity contribution is 6.06. The number of anilines is 1. The molecule has 0 saturated carbocycles. The summed E-state index contributed by atoms with van der Waals surface area (Å²) in [6.07, 6.45) is 1.84. The topological polar surface area (TPSA) is 58.6 Å². The third kappa shape index (κ3) is 3.72. The van der Waals surface area contributed by atoms with Gasteiger partial charge in [-0.3, -0.25) is 9.59 Å². The summed E-state index contributed by atoms with van der Waals surface area (Å²) < 4.78 is 5.34. The first-order chi connectivity index (χ1) is 12.6. The van der Waals surface area contributed by atoms with Gasteiger partial charge in [-0.25, -0.2) is 0 Å². The monoisotopic (exact) mass is 352 g/mol. The number of carbonyl (C=O) groups excluding carboxylic acids is 2. The van der Waals surface area contributed by atoms with E-state index < -0.39 is 0 Å². The van der Waals surface area contributed by atoms with Gasteiger partial charge in [0.1, 0.15) is 5.75 Å². The second-order valence-corrected chi connectivity index (χ2v) is 6.48. The summed E-state index contributed by atoms with van der Waals surface area (Å²) in [6, 6.07) is 15.5. The molecular formula is C21H24N2O3. The first kappa shape index (κ1) is 18.0. The Morgan fingerprint density at radius 1 is 1.15 bits per heavy atom. The van der Waals surface area contributed by atoms with E-state index in [2.05, 4.69) is 5.32 Å². The van der Waals surface area contributed by atoms with Gasteiger partial charge in [0, 0.05) is 25.7 Å². The fourth-order valence-corrected chi connectivity index (χ4v) is 3.44. The number of aryl methyl sites for hydroxylation is 1. The zero-order chi connectivity index (χ0) is 18.5. The third-order valence-corrected chi connectivity index (χ3v) is 4.83. The van der Waals surface area contributed by atoms with Crippen molar-refractivity contribution in [2.75, 3.05) is 25.6 Å². The Bertz CT molecular complexity index is 803. The van der Waals surface area contributed by atoms with Crippen molar-refractivity contribution in [2.24, 2.45) is 0 Å². The van der Waals surface area contributed by atoms with Crippen LogP contribution in [-0.2, 0) is 16.0 Å². The SMILES string of the molecule is COc1ccccc1CCCNC(=O)C[C@H]1C(=O)N(C)c2ccccc21. The van der Waals surface area contributed by atoms with Crippen LogP contribution in [0, 0.1) is 0 Å². The van der Waals surface area contributed by atoms with Crippen LogP contribution < -0.4 is 15.0 Å². The van der Waals surface area contributed by atoms with Crippen molar-refractivity contribution < 1.29 is 14.3 Å². The minimum Gasteiger partial charge on any atom is -0.496 e. The Balaban J connectivity index is 1.50. The molecular weight excluding hydrogens is 328 g/mol. The largest absolute Gasteiger partial charge is 0.496 e. The van der Waals surface area contributed by atoms with Gasteiger partial charge in [-0.1, -0.05) is 36.4 Å². The summed E-state index contributed by atoms with van der Waals surface area (Å²) in [5.41, 5.74) is 2.96. The minimum absolute atomic E-state index is 0.0182. The number of hydrogen-bond acceptors (Lipinski definition) is 3. The number of para-hydroxylation sites is 2. The summed E-state index contributed by atoms with van der Waals surface area (Å²) in [5, 5.41) is 2.93. The lowest BCUT2D eigenvalue weighted by Crippen LogP contribution is -2.30. The van der Waals surface area contributed by atoms with Gasteiger partial charge in [0.25, 0.3) is 0 Å². The molecule has 0 aliphatic carbocycles. The summed E-state index contributed by atoms with van der Waals surface area (Å²) in [6.45, 7) is 0.579. The van der Waals surface area contributed by atoms with Gasteiger partial charge in [-0.15, -0.1) is 0 Å². The van der Waals surface area contributed by atoms with Crippen molar-refractivity contribution in [1.29, 1.82) is 0 Å². The van der Waals surface area contributed by atoms with E-state index in [9.17, 15) is 9.59 Å². The Hall–Kier alpha value is -2.82. The van der Waals surface area contributed by atoms with Crippen LogP contribution in [0.4, 0.5) is 5.69 Å². The molecule has 2 amide bonds. The average Bonchev–Trinajstić information content (AvgIpc) is 2.91. The zero-order valence-corrected chi connectivity index (χ0v) is 15.2. The highest BCUT2D eigenvalue weighted by atomic mass is 16.5. The summed E-state index contributed by atoms with van der Waals surface area (Å²) in [5.74, 6) is 0.379. The van der Waals surface area contributed by atoms with Crippen LogP contribution in [0.25, 0.3) is 0 Å². The molecule has 136 valence electrons. The molecule has 0 fully saturated rings. The minimum atomic E-state index is -0.384. The van der Waals surface area contributed by atoms with Crippen molar-refractivity contribution in [2.45, 2.75) is 25.2 Å². The first-order valence-electron chi connectivity index (χ1n) is 8.87. The molecule has 3 rings (SSSR count). The van der Waals surface area contributed by atoms with E-state index in [1.165, 1.54) is 0 Å². The molecule has 1 heterocycles. The molecule has 0 unspecified atom stereocenters. The van der Waals surface area contributed by atoms with Crippen LogP contribution in [0.1, 0.15) is 29.9 Å². The van der Waals surface area contributed by atoms with E-state index in [1.54, 1.807) is 19.1 Å². The number of nitrogens with zero attached hydrogens (tertiary/aromatic N) is 1. The standard InChI is InChI=1S/C21H24N2O3/c1-23-18-11-5-4-10-16(18)17(21(23)25)14-20(24)22-13-7-9-15-8-3-6-12-19(15)26-2/h3-6,8,10-12,17H,7,9,13-14H2,1-2H3,(H,22,24)/t17-/m1/s1. The second kappa shape index (κ2) is 8.04. The molecule has 2 aromatic carbocycles. The third-order valence-electron chi connectivity index (χ3n) is 4.83. The molecule has 0 radical (unpaired) electrons. The number of rotatable bonds is 7. The van der Waals surface area contributed by atoms with Crippen molar-refractivity contribution in [3.63, 3.8) is 0 Å². The Morgan fingerprint density at radius 2 is 1.88 bits per heavy atom. The number of carbonyl (C=O) groups is 2. The average molecular weight is 352 g/mol. The predicted molar refractivity (Wildman–Crippen MR) is 102 cm³/mol. The number of fused-ring (bicyclic) bond motifs is 1. The van der Waals surface area contributed by atoms with Crippen molar-refractivity contribution in [3.8, 4) is 5.75 Å². The molecule has 1 N–H and O–H groups in total. The molecule has 5 nitrogen and oxygen atoms in total. The normalized spacial score (nSPS) is 15.7. The quantitative estimate of drug-likeness (QED) is 0.780. The number of likely N-dealkylation sites (N-methyl/N-ethyl adjacent to an activating group) is 1. The van der Waals surface area contributed by atoms with E-state index in [0.29, 0.717) is 6.54 Å². The van der Waals surface area contributed by atoms with Gasteiger partial charge in [-0.2, -0.15) is 0 Å². The smallest absolute Gasteiger partial charge is 0.234 e. The molecule has 0 bridgehead atoms. The fourth-order valence-electron chi connectivity index (χ4n) is 3.44. The zero-order valence-electron chi connectivity index (χ0n) is 15.2. The Labute approximate surface area is 154 Å². The molecule has 2 aromatic rings. The van der Waals surface area contributed by atoms with Crippen LogP contribution in [0.2, 0.25) is 0 Å². The summed E-state index contributed by atoms with van der Waals surface area (Å²) in [4.78, 5) is 26.3. The van der Waals surface area contributed by atoms with Crippen LogP contribution in [0.3, 0.4) is 0 Å². The summed E-state index contributed by atoms with van der Waals surface area (Å²) >= 11 is 0. The predicted octanol–water partition coefficient (Wildman–Crippen LogP) is 2.89. The van der Waals surface area contributed by atoms with Crippen LogP contribution >= 0.6 is 0 Å². The maximum absolute atomic E-state index is 12.4. The summed E-state index contributed by atoms with van der Waals surface area (Å²) in [7, 11) is 3.42. The second-order valence-electron chi connectivity index (χ2n) is 6.48. The molecule has 1 atom stereocenters. The Kier molecular flexibility index (Phi) is 5.56. The van der Waals surface area contributed by atoms with Gasteiger partial charge < -0.3 is 15.0 Å². The van der Waals surface area contributed by atoms with Gasteiger partial charge >= 0.3 is 0 Å². The number of amides is 2. The number of nitrogens with one attached hydrogen (secondary N) is 1. The molecule has 1 aliphatic rings. The van der Waals surface area contributed by atoms with Gasteiger partial charge in [0.05, 0.1) is 13.0 Å². The van der Waals surface area contributed by atoms with Crippen LogP contribution in [0.5, 0.6) is 5.75 Å². The van der Waals surface area contributed by atoms with Crippen molar-refractivity contribution >= 4 is 17.5 Å². The molecule has 0 aromatic heterocycles. The first-order valence-corrected chi connectivity index (χ1v) is 8.87. The van der Waals surface area contributed by atoms with Crippen molar-refractivity contribution in [1.82, 2.24) is 5.32 Å². The van der Waals surface area contributed by atoms with E-state index in [-0.39, 0.29) is 24.2 Å². The Morgan fingerprint density at radius 3 is 2.69 bits per heavy atom. The maximum Gasteiger partial charge on any atom is 0.234 e. The van der Waals surface area contributed by atoms with Crippen LogP contribution in [-0.4, -0.2) is 32.5 Å². The molecule has 0 spiro atoms. The van der Waals surface area contributed by atoms with E-state index >= 15 is 0 Å². The van der Waals surface area contributed by atoms with E-state index in [4.69, 9.17) is 4.74 Å². The number of hydrogen-bond donors (Lipinski definition) is 1. The molecule has 26 heavy (non-hydrogen) atoms. The van der Waals surface area contributed by atoms with Gasteiger partial charge in [0.15, 0.2) is 0 Å². The van der Waals surface area contributed by atoms with Crippen LogP contribution in [0.15, 0.2) is 48.5 Å². The fraction of sp³-hybridized carbons (Fsp3) is 0.333. The lowest BCUT2D eigenvalue weighted by molar-refractivity contribution is -0.125. The number of methoxy groups -OCH3 is 1. The molecule has 0 saturated heterocycles. The lowest BCUT2D eigenvalue weighted by Gasteiger charge is -2.12. The van der Waals surface area contributed by atoms with Crippen molar-refractivity contribution in [3.05, 3.63) is 59.7 Å². The maximum atomic E-state index is 12.4. The van der Waals surface area contributed by atoms with E-state index in [0.717, 1.165) is 35.4 Å². The molecule has 1 aliphatic heterocycles. The highest BCUT2D eigenvalue weighted by Crippen LogP contribution is 2.37. The highest BCUT2D eigenvalue weighted by Gasteiger charge is 2.35. The van der Waals surface area contributed by atoms with Gasteiger partial charge in [-0.05, 0) is 36.1 Å². The van der Waals surface area contributed by atoms with Gasteiger partial charge in [0.2, 0.25) is 11.8 Å². The number of benzene rings is 2. The number of ether oxygens (including phenoxy) is 1. The lowest BCUT2D eigenvalue weighted by atomic mass is 9.97. The molecule has 5 heteroatoms.